The molecular formula is C23H24N6O2. The van der Waals surface area contributed by atoms with E-state index in [1.807, 2.05) is 48.3 Å². The zero-order valence-electron chi connectivity index (χ0n) is 17.6. The van der Waals surface area contributed by atoms with E-state index in [0.717, 1.165) is 37.7 Å². The van der Waals surface area contributed by atoms with Crippen LogP contribution in [-0.4, -0.2) is 56.3 Å². The molecule has 5 rings (SSSR count). The number of anilines is 6. The number of nitrogens with one attached hydrogen (secondary N) is 1. The average Bonchev–Trinajstić information content (AvgIpc) is 2.90. The maximum absolute atomic E-state index is 12.9. The van der Waals surface area contributed by atoms with Crippen LogP contribution in [0.1, 0.15) is 10.4 Å². The number of rotatable bonds is 3. The minimum absolute atomic E-state index is 0.0794. The molecule has 1 fully saturated rings. The van der Waals surface area contributed by atoms with Gasteiger partial charge in [0.25, 0.3) is 5.91 Å². The molecule has 1 N–H and O–H groups in total. The van der Waals surface area contributed by atoms with Crippen LogP contribution in [0.4, 0.5) is 34.5 Å². The van der Waals surface area contributed by atoms with E-state index >= 15 is 0 Å². The number of hydrogen-bond acceptors (Lipinski definition) is 7. The van der Waals surface area contributed by atoms with Crippen LogP contribution in [0, 0.1) is 0 Å². The lowest BCUT2D eigenvalue weighted by Gasteiger charge is -2.28. The van der Waals surface area contributed by atoms with Gasteiger partial charge in [0, 0.05) is 38.6 Å². The number of fused-ring (bicyclic) bond motifs is 2. The van der Waals surface area contributed by atoms with E-state index in [1.54, 1.807) is 18.1 Å². The fourth-order valence-electron chi connectivity index (χ4n) is 3.97. The minimum atomic E-state index is -0.0794. The van der Waals surface area contributed by atoms with Gasteiger partial charge in [-0.05, 0) is 36.4 Å². The summed E-state index contributed by atoms with van der Waals surface area (Å²) in [4.78, 5) is 27.9. The maximum atomic E-state index is 12.9. The molecule has 2 aliphatic rings. The highest BCUT2D eigenvalue weighted by molar-refractivity contribution is 6.13. The highest BCUT2D eigenvalue weighted by Gasteiger charge is 2.28. The Kier molecular flexibility index (Phi) is 4.91. The zero-order chi connectivity index (χ0) is 21.4. The summed E-state index contributed by atoms with van der Waals surface area (Å²) in [6, 6.07) is 15.8. The second kappa shape index (κ2) is 7.88. The topological polar surface area (TPSA) is 73.8 Å². The molecule has 0 spiro atoms. The van der Waals surface area contributed by atoms with Gasteiger partial charge < -0.3 is 24.8 Å². The molecule has 3 heterocycles. The third-order valence-electron chi connectivity index (χ3n) is 5.73. The summed E-state index contributed by atoms with van der Waals surface area (Å²) >= 11 is 0. The standard InChI is InChI=1S/C23H24N6O2/c1-27-19-6-4-3-5-18(19)22(30)28(2)20-15-24-23(26-21(20)27)25-16-7-9-17(10-8-16)29-11-13-31-14-12-29/h3-10,15H,11-14H2,1-2H3,(H,24,25,26). The Bertz CT molecular complexity index is 1110. The third kappa shape index (κ3) is 3.55. The summed E-state index contributed by atoms with van der Waals surface area (Å²) < 4.78 is 5.42. The van der Waals surface area contributed by atoms with E-state index < -0.39 is 0 Å². The van der Waals surface area contributed by atoms with E-state index in [4.69, 9.17) is 9.72 Å². The SMILES string of the molecule is CN1C(=O)c2ccccc2N(C)c2nc(Nc3ccc(N4CCOCC4)cc3)ncc21. The molecule has 1 saturated heterocycles. The Morgan fingerprint density at radius 1 is 0.935 bits per heavy atom. The van der Waals surface area contributed by atoms with Gasteiger partial charge in [-0.3, -0.25) is 4.79 Å². The predicted molar refractivity (Wildman–Crippen MR) is 122 cm³/mol. The molecule has 1 aromatic heterocycles. The molecule has 8 nitrogen and oxygen atoms in total. The number of ether oxygens (including phenoxy) is 1. The van der Waals surface area contributed by atoms with E-state index in [-0.39, 0.29) is 5.91 Å². The van der Waals surface area contributed by atoms with Crippen molar-refractivity contribution in [1.29, 1.82) is 0 Å². The van der Waals surface area contributed by atoms with Crippen LogP contribution in [0.3, 0.4) is 0 Å². The molecule has 0 saturated carbocycles. The van der Waals surface area contributed by atoms with E-state index in [0.29, 0.717) is 23.0 Å². The Labute approximate surface area is 181 Å². The highest BCUT2D eigenvalue weighted by Crippen LogP contribution is 2.38. The lowest BCUT2D eigenvalue weighted by Crippen LogP contribution is -2.36. The van der Waals surface area contributed by atoms with Gasteiger partial charge in [0.05, 0.1) is 30.7 Å². The van der Waals surface area contributed by atoms with Crippen molar-refractivity contribution in [3.8, 4) is 0 Å². The first-order chi connectivity index (χ1) is 15.1. The monoisotopic (exact) mass is 416 g/mol. The number of morpholine rings is 1. The van der Waals surface area contributed by atoms with Gasteiger partial charge in [0.2, 0.25) is 5.95 Å². The van der Waals surface area contributed by atoms with Crippen LogP contribution >= 0.6 is 0 Å². The molecule has 2 aliphatic heterocycles. The molecule has 3 aromatic rings. The number of carbonyl (C=O) groups is 1. The van der Waals surface area contributed by atoms with Crippen molar-refractivity contribution in [1.82, 2.24) is 9.97 Å². The number of amides is 1. The van der Waals surface area contributed by atoms with Crippen LogP contribution in [-0.2, 0) is 4.74 Å². The first-order valence-electron chi connectivity index (χ1n) is 10.3. The summed E-state index contributed by atoms with van der Waals surface area (Å²) in [7, 11) is 3.66. The largest absolute Gasteiger partial charge is 0.378 e. The van der Waals surface area contributed by atoms with E-state index in [1.165, 1.54) is 5.69 Å². The van der Waals surface area contributed by atoms with Gasteiger partial charge in [-0.25, -0.2) is 4.98 Å². The number of hydrogen-bond donors (Lipinski definition) is 1. The Balaban J connectivity index is 1.42. The molecule has 0 bridgehead atoms. The van der Waals surface area contributed by atoms with Crippen molar-refractivity contribution in [2.24, 2.45) is 0 Å². The van der Waals surface area contributed by atoms with Crippen LogP contribution in [0.5, 0.6) is 0 Å². The molecule has 0 unspecified atom stereocenters. The van der Waals surface area contributed by atoms with Gasteiger partial charge in [0.15, 0.2) is 5.82 Å². The molecule has 31 heavy (non-hydrogen) atoms. The molecule has 8 heteroatoms. The Morgan fingerprint density at radius 2 is 1.68 bits per heavy atom. The quantitative estimate of drug-likeness (QED) is 0.701. The van der Waals surface area contributed by atoms with E-state index in [2.05, 4.69) is 27.3 Å². The second-order valence-corrected chi connectivity index (χ2v) is 7.61. The molecule has 0 aliphatic carbocycles. The minimum Gasteiger partial charge on any atom is -0.378 e. The number of nitrogens with zero attached hydrogens (tertiary/aromatic N) is 5. The van der Waals surface area contributed by atoms with Crippen LogP contribution in [0.2, 0.25) is 0 Å². The Morgan fingerprint density at radius 3 is 2.45 bits per heavy atom. The van der Waals surface area contributed by atoms with Crippen molar-refractivity contribution >= 4 is 40.4 Å². The molecule has 0 atom stereocenters. The van der Waals surface area contributed by atoms with Crippen molar-refractivity contribution < 1.29 is 9.53 Å². The van der Waals surface area contributed by atoms with Crippen LogP contribution < -0.4 is 20.0 Å². The smallest absolute Gasteiger partial charge is 0.260 e. The summed E-state index contributed by atoms with van der Waals surface area (Å²) in [6.45, 7) is 3.33. The summed E-state index contributed by atoms with van der Waals surface area (Å²) in [6.07, 6.45) is 1.69. The zero-order valence-corrected chi connectivity index (χ0v) is 17.6. The summed E-state index contributed by atoms with van der Waals surface area (Å²) in [5.74, 6) is 1.07. The second-order valence-electron chi connectivity index (χ2n) is 7.61. The molecule has 0 radical (unpaired) electrons. The molecule has 2 aromatic carbocycles. The van der Waals surface area contributed by atoms with Crippen LogP contribution in [0.25, 0.3) is 0 Å². The fraction of sp³-hybridized carbons (Fsp3) is 0.261. The van der Waals surface area contributed by atoms with Gasteiger partial charge in [0.1, 0.15) is 5.69 Å². The van der Waals surface area contributed by atoms with Gasteiger partial charge in [-0.15, -0.1) is 0 Å². The summed E-state index contributed by atoms with van der Waals surface area (Å²) in [5.41, 5.74) is 4.19. The van der Waals surface area contributed by atoms with Gasteiger partial charge in [-0.1, -0.05) is 12.1 Å². The third-order valence-corrected chi connectivity index (χ3v) is 5.73. The number of aromatic nitrogens is 2. The lowest BCUT2D eigenvalue weighted by molar-refractivity contribution is 0.0994. The van der Waals surface area contributed by atoms with E-state index in [9.17, 15) is 4.79 Å². The van der Waals surface area contributed by atoms with Crippen molar-refractivity contribution in [3.63, 3.8) is 0 Å². The van der Waals surface area contributed by atoms with Gasteiger partial charge in [-0.2, -0.15) is 4.98 Å². The van der Waals surface area contributed by atoms with Crippen molar-refractivity contribution in [2.45, 2.75) is 0 Å². The average molecular weight is 416 g/mol. The number of para-hydroxylation sites is 1. The highest BCUT2D eigenvalue weighted by atomic mass is 16.5. The Hall–Kier alpha value is -3.65. The fourth-order valence-corrected chi connectivity index (χ4v) is 3.97. The van der Waals surface area contributed by atoms with Crippen molar-refractivity contribution in [2.75, 3.05) is 60.4 Å². The number of benzene rings is 2. The predicted octanol–water partition coefficient (Wildman–Crippen LogP) is 3.41. The molecule has 1 amide bonds. The normalized spacial score (nSPS) is 15.9. The maximum Gasteiger partial charge on any atom is 0.260 e. The number of carbonyl (C=O) groups excluding carboxylic acids is 1. The lowest BCUT2D eigenvalue weighted by atomic mass is 10.1. The van der Waals surface area contributed by atoms with Gasteiger partial charge >= 0.3 is 0 Å². The molecule has 158 valence electrons. The summed E-state index contributed by atoms with van der Waals surface area (Å²) in [5, 5.41) is 3.28. The first-order valence-corrected chi connectivity index (χ1v) is 10.3. The van der Waals surface area contributed by atoms with Crippen LogP contribution in [0.15, 0.2) is 54.7 Å². The first kappa shape index (κ1) is 19.3. The molecular weight excluding hydrogens is 392 g/mol. The van der Waals surface area contributed by atoms with Crippen molar-refractivity contribution in [3.05, 3.63) is 60.3 Å².